The minimum Gasteiger partial charge on any atom is -0.493 e. The molecule has 0 spiro atoms. The summed E-state index contributed by atoms with van der Waals surface area (Å²) in [4.78, 5) is 15.4. The molecule has 222 valence electrons. The molecule has 1 aliphatic rings. The van der Waals surface area contributed by atoms with Gasteiger partial charge in [0.25, 0.3) is 0 Å². The zero-order chi connectivity index (χ0) is 29.6. The first-order chi connectivity index (χ1) is 20.3. The Bertz CT molecular complexity index is 1500. The number of anilines is 2. The van der Waals surface area contributed by atoms with Gasteiger partial charge in [-0.1, -0.05) is 50.6 Å². The van der Waals surface area contributed by atoms with E-state index in [2.05, 4.69) is 47.4 Å². The average Bonchev–Trinajstić information content (AvgIpc) is 3.41. The fourth-order valence-corrected chi connectivity index (χ4v) is 5.60. The third kappa shape index (κ3) is 7.11. The quantitative estimate of drug-likeness (QED) is 0.185. The van der Waals surface area contributed by atoms with Crippen molar-refractivity contribution in [3.8, 4) is 28.6 Å². The summed E-state index contributed by atoms with van der Waals surface area (Å²) in [5.41, 5.74) is 3.47. The molecule has 0 radical (unpaired) electrons. The molecular formula is C31H38ClN7O2S. The number of rotatable bonds is 11. The Kier molecular flexibility index (Phi) is 9.76. The van der Waals surface area contributed by atoms with Crippen molar-refractivity contribution < 1.29 is 9.47 Å². The van der Waals surface area contributed by atoms with E-state index < -0.39 is 0 Å². The second-order valence-corrected chi connectivity index (χ2v) is 12.0. The molecular weight excluding hydrogens is 570 g/mol. The van der Waals surface area contributed by atoms with Gasteiger partial charge in [-0.15, -0.1) is 0 Å². The molecule has 1 aliphatic heterocycles. The molecule has 0 aliphatic carbocycles. The van der Waals surface area contributed by atoms with Crippen LogP contribution in [0.1, 0.15) is 26.3 Å². The molecule has 11 heteroatoms. The Morgan fingerprint density at radius 1 is 1.00 bits per heavy atom. The van der Waals surface area contributed by atoms with Crippen molar-refractivity contribution in [2.45, 2.75) is 32.1 Å². The number of piperazine rings is 1. The highest BCUT2D eigenvalue weighted by Crippen LogP contribution is 2.41. The Balaban J connectivity index is 1.54. The Hall–Kier alpha value is -3.47. The van der Waals surface area contributed by atoms with Crippen LogP contribution in [0.5, 0.6) is 17.4 Å². The second kappa shape index (κ2) is 13.7. The monoisotopic (exact) mass is 607 g/mol. The van der Waals surface area contributed by atoms with Crippen LogP contribution in [0.15, 0.2) is 59.8 Å². The third-order valence-corrected chi connectivity index (χ3v) is 8.08. The van der Waals surface area contributed by atoms with E-state index in [4.69, 9.17) is 31.0 Å². The number of nitrogens with zero attached hydrogens (tertiary/aromatic N) is 6. The van der Waals surface area contributed by atoms with Crippen LogP contribution in [-0.2, 0) is 13.5 Å². The van der Waals surface area contributed by atoms with Crippen LogP contribution in [0.2, 0.25) is 5.02 Å². The summed E-state index contributed by atoms with van der Waals surface area (Å²) in [6.45, 7) is 10.7. The van der Waals surface area contributed by atoms with Crippen LogP contribution >= 0.6 is 23.5 Å². The van der Waals surface area contributed by atoms with E-state index in [9.17, 15) is 0 Å². The standard InChI is InChI=1S/C31H38ClN7O2S/c1-6-23-29(24-10-7-8-12-26(24)40-20-21(2)3)34-31(36-42-22-18-33-38(5)19-22)35-30(23)41-27-13-9-11-25(28(27)32)39-16-14-37(4)15-17-39/h7-13,18-19,21H,6,14-17,20H2,1-5H3,(H,34,35,36). The molecule has 9 nitrogen and oxygen atoms in total. The van der Waals surface area contributed by atoms with Crippen LogP contribution in [0.3, 0.4) is 0 Å². The number of ether oxygens (including phenoxy) is 2. The number of benzene rings is 2. The van der Waals surface area contributed by atoms with Crippen molar-refractivity contribution in [1.29, 1.82) is 0 Å². The smallest absolute Gasteiger partial charge is 0.237 e. The molecule has 2 aromatic carbocycles. The van der Waals surface area contributed by atoms with E-state index in [1.165, 1.54) is 11.9 Å². The van der Waals surface area contributed by atoms with E-state index in [0.717, 1.165) is 59.3 Å². The van der Waals surface area contributed by atoms with Crippen molar-refractivity contribution in [1.82, 2.24) is 24.6 Å². The van der Waals surface area contributed by atoms with Gasteiger partial charge in [-0.05, 0) is 55.6 Å². The van der Waals surface area contributed by atoms with Gasteiger partial charge in [0.1, 0.15) is 16.5 Å². The van der Waals surface area contributed by atoms with Gasteiger partial charge in [0.15, 0.2) is 0 Å². The van der Waals surface area contributed by atoms with Crippen molar-refractivity contribution >= 4 is 35.2 Å². The zero-order valence-electron chi connectivity index (χ0n) is 24.8. The van der Waals surface area contributed by atoms with E-state index in [0.29, 0.717) is 41.5 Å². The topological polar surface area (TPSA) is 80.6 Å². The summed E-state index contributed by atoms with van der Waals surface area (Å²) in [5, 5.41) is 4.83. The van der Waals surface area contributed by atoms with Gasteiger partial charge >= 0.3 is 0 Å². The number of hydrogen-bond donors (Lipinski definition) is 1. The van der Waals surface area contributed by atoms with Crippen LogP contribution in [-0.4, -0.2) is 64.5 Å². The second-order valence-electron chi connectivity index (χ2n) is 10.8. The number of para-hydroxylation sites is 1. The average molecular weight is 608 g/mol. The lowest BCUT2D eigenvalue weighted by atomic mass is 10.0. The zero-order valence-corrected chi connectivity index (χ0v) is 26.4. The lowest BCUT2D eigenvalue weighted by Crippen LogP contribution is -2.44. The minimum atomic E-state index is 0.385. The van der Waals surface area contributed by atoms with Gasteiger partial charge in [-0.3, -0.25) is 9.40 Å². The molecule has 1 N–H and O–H groups in total. The number of hydrogen-bond acceptors (Lipinski definition) is 9. The largest absolute Gasteiger partial charge is 0.493 e. The van der Waals surface area contributed by atoms with Crippen LogP contribution in [0.25, 0.3) is 11.3 Å². The fourth-order valence-electron chi connectivity index (χ4n) is 4.71. The summed E-state index contributed by atoms with van der Waals surface area (Å²) >= 11 is 8.38. The van der Waals surface area contributed by atoms with Gasteiger partial charge in [0.05, 0.1) is 29.1 Å². The summed E-state index contributed by atoms with van der Waals surface area (Å²) < 4.78 is 17.8. The van der Waals surface area contributed by atoms with Gasteiger partial charge < -0.3 is 19.3 Å². The molecule has 0 unspecified atom stereocenters. The molecule has 1 fully saturated rings. The Morgan fingerprint density at radius 3 is 2.48 bits per heavy atom. The van der Waals surface area contributed by atoms with Crippen molar-refractivity contribution in [3.63, 3.8) is 0 Å². The normalized spacial score (nSPS) is 13.9. The van der Waals surface area contributed by atoms with E-state index in [-0.39, 0.29) is 0 Å². The lowest BCUT2D eigenvalue weighted by molar-refractivity contribution is 0.272. The van der Waals surface area contributed by atoms with E-state index in [1.807, 2.05) is 55.7 Å². The van der Waals surface area contributed by atoms with Crippen LogP contribution in [0, 0.1) is 5.92 Å². The number of halogens is 1. The molecule has 1 saturated heterocycles. The lowest BCUT2D eigenvalue weighted by Gasteiger charge is -2.34. The molecule has 5 rings (SSSR count). The van der Waals surface area contributed by atoms with Crippen molar-refractivity contribution in [3.05, 3.63) is 65.4 Å². The first-order valence-corrected chi connectivity index (χ1v) is 15.5. The highest BCUT2D eigenvalue weighted by molar-refractivity contribution is 8.00. The van der Waals surface area contributed by atoms with Gasteiger partial charge in [-0.2, -0.15) is 10.1 Å². The predicted molar refractivity (Wildman–Crippen MR) is 171 cm³/mol. The maximum atomic E-state index is 6.99. The Labute approximate surface area is 257 Å². The first-order valence-electron chi connectivity index (χ1n) is 14.3. The number of nitrogens with one attached hydrogen (secondary N) is 1. The fraction of sp³-hybridized carbons (Fsp3) is 0.387. The highest BCUT2D eigenvalue weighted by Gasteiger charge is 2.23. The molecule has 0 atom stereocenters. The van der Waals surface area contributed by atoms with Gasteiger partial charge in [-0.25, -0.2) is 4.98 Å². The summed E-state index contributed by atoms with van der Waals surface area (Å²) in [6.07, 6.45) is 4.36. The maximum absolute atomic E-state index is 6.99. The summed E-state index contributed by atoms with van der Waals surface area (Å²) in [7, 11) is 4.02. The Morgan fingerprint density at radius 2 is 1.76 bits per heavy atom. The minimum absolute atomic E-state index is 0.385. The van der Waals surface area contributed by atoms with E-state index >= 15 is 0 Å². The third-order valence-electron chi connectivity index (χ3n) is 6.97. The predicted octanol–water partition coefficient (Wildman–Crippen LogP) is 6.79. The summed E-state index contributed by atoms with van der Waals surface area (Å²) in [5.74, 6) is 2.58. The molecule has 2 aromatic heterocycles. The maximum Gasteiger partial charge on any atom is 0.237 e. The van der Waals surface area contributed by atoms with E-state index in [1.54, 1.807) is 10.9 Å². The van der Waals surface area contributed by atoms with Gasteiger partial charge in [0.2, 0.25) is 11.8 Å². The van der Waals surface area contributed by atoms with Crippen LogP contribution in [0.4, 0.5) is 11.6 Å². The molecule has 0 bridgehead atoms. The SMILES string of the molecule is CCc1c(Oc2cccc(N3CCN(C)CC3)c2Cl)nc(NSc2cnn(C)c2)nc1-c1ccccc1OCC(C)C. The highest BCUT2D eigenvalue weighted by atomic mass is 35.5. The number of likely N-dealkylation sites (N-methyl/N-ethyl adjacent to an activating group) is 1. The number of aromatic nitrogens is 4. The molecule has 0 saturated carbocycles. The molecule has 4 aromatic rings. The van der Waals surface area contributed by atoms with Crippen LogP contribution < -0.4 is 19.1 Å². The van der Waals surface area contributed by atoms with Crippen molar-refractivity contribution in [2.75, 3.05) is 49.5 Å². The summed E-state index contributed by atoms with van der Waals surface area (Å²) in [6, 6.07) is 13.9. The molecule has 0 amide bonds. The first kappa shape index (κ1) is 30.0. The molecule has 42 heavy (non-hydrogen) atoms. The number of aryl methyl sites for hydroxylation is 1. The van der Waals surface area contributed by atoms with Crippen molar-refractivity contribution in [2.24, 2.45) is 13.0 Å². The molecule has 3 heterocycles. The van der Waals surface area contributed by atoms with Gasteiger partial charge in [0, 0.05) is 50.6 Å².